The van der Waals surface area contributed by atoms with Crippen molar-refractivity contribution in [1.82, 2.24) is 5.32 Å². The first kappa shape index (κ1) is 15.0. The first-order valence-electron chi connectivity index (χ1n) is 7.82. The van der Waals surface area contributed by atoms with Crippen molar-refractivity contribution in [3.8, 4) is 11.5 Å². The van der Waals surface area contributed by atoms with Gasteiger partial charge in [0.1, 0.15) is 0 Å². The Balaban J connectivity index is 1.79. The minimum atomic E-state index is 0.0267. The number of fused-ring (bicyclic) bond motifs is 1. The molecular formula is C17H24ClNO2. The topological polar surface area (TPSA) is 30.5 Å². The summed E-state index contributed by atoms with van der Waals surface area (Å²) in [6.45, 7) is 7.84. The summed E-state index contributed by atoms with van der Waals surface area (Å²) in [6.07, 6.45) is 3.53. The second-order valence-electron chi connectivity index (χ2n) is 7.05. The Labute approximate surface area is 132 Å². The molecule has 0 aliphatic carbocycles. The van der Waals surface area contributed by atoms with Gasteiger partial charge in [-0.05, 0) is 49.9 Å². The van der Waals surface area contributed by atoms with E-state index in [4.69, 9.17) is 21.1 Å². The summed E-state index contributed by atoms with van der Waals surface area (Å²) in [5, 5.41) is 4.25. The average molecular weight is 310 g/mol. The van der Waals surface area contributed by atoms with Gasteiger partial charge >= 0.3 is 0 Å². The van der Waals surface area contributed by atoms with Crippen LogP contribution >= 0.6 is 11.6 Å². The zero-order valence-corrected chi connectivity index (χ0v) is 13.6. The van der Waals surface area contributed by atoms with Gasteiger partial charge in [-0.2, -0.15) is 0 Å². The molecule has 1 N–H and O–H groups in total. The maximum absolute atomic E-state index is 6.45. The van der Waals surface area contributed by atoms with Crippen LogP contribution in [0, 0.1) is 11.3 Å². The summed E-state index contributed by atoms with van der Waals surface area (Å²) in [5.41, 5.74) is 1.20. The first-order valence-corrected chi connectivity index (χ1v) is 8.20. The normalized spacial score (nSPS) is 24.4. The minimum Gasteiger partial charge on any atom is -0.489 e. The highest BCUT2D eigenvalue weighted by Crippen LogP contribution is 2.38. The van der Waals surface area contributed by atoms with Crippen LogP contribution in [-0.2, 0) is 6.42 Å². The molecule has 2 heterocycles. The summed E-state index contributed by atoms with van der Waals surface area (Å²) in [4.78, 5) is 0. The molecule has 3 nitrogen and oxygen atoms in total. The van der Waals surface area contributed by atoms with E-state index in [1.165, 1.54) is 18.4 Å². The summed E-state index contributed by atoms with van der Waals surface area (Å²) in [6, 6.07) is 4.00. The second kappa shape index (κ2) is 6.05. The molecule has 1 atom stereocenters. The fourth-order valence-corrected chi connectivity index (χ4v) is 3.19. The molecule has 2 aliphatic heterocycles. The number of nitrogens with one attached hydrogen (secondary N) is 1. The molecule has 3 rings (SSSR count). The van der Waals surface area contributed by atoms with Crippen LogP contribution in [0.4, 0.5) is 0 Å². The van der Waals surface area contributed by atoms with Crippen molar-refractivity contribution in [2.75, 3.05) is 26.3 Å². The lowest BCUT2D eigenvalue weighted by atomic mass is 9.92. The third kappa shape index (κ3) is 3.64. The predicted octanol–water partition coefficient (Wildman–Crippen LogP) is 3.68. The van der Waals surface area contributed by atoms with Gasteiger partial charge < -0.3 is 14.8 Å². The summed E-state index contributed by atoms with van der Waals surface area (Å²) in [7, 11) is 0. The number of benzene rings is 1. The lowest BCUT2D eigenvalue weighted by molar-refractivity contribution is 0.140. The molecular weight excluding hydrogens is 286 g/mol. The van der Waals surface area contributed by atoms with E-state index in [0.29, 0.717) is 19.1 Å². The monoisotopic (exact) mass is 309 g/mol. The van der Waals surface area contributed by atoms with Gasteiger partial charge in [-0.1, -0.05) is 25.4 Å². The standard InChI is InChI=1S/C17H24ClNO2/c1-17(2)10-20-15-7-13(6-12-4-3-5-19-9-12)14(18)8-16(15)21-11-17/h7-8,12,19H,3-6,9-11H2,1-2H3. The van der Waals surface area contributed by atoms with Gasteiger partial charge in [0, 0.05) is 16.5 Å². The van der Waals surface area contributed by atoms with Crippen LogP contribution in [0.5, 0.6) is 11.5 Å². The van der Waals surface area contributed by atoms with E-state index in [1.807, 2.05) is 6.07 Å². The Hall–Kier alpha value is -0.930. The Bertz CT molecular complexity index is 510. The molecule has 2 aliphatic rings. The highest BCUT2D eigenvalue weighted by molar-refractivity contribution is 6.31. The Morgan fingerprint density at radius 3 is 2.62 bits per heavy atom. The van der Waals surface area contributed by atoms with Crippen LogP contribution in [0.3, 0.4) is 0 Å². The van der Waals surface area contributed by atoms with Crippen molar-refractivity contribution < 1.29 is 9.47 Å². The van der Waals surface area contributed by atoms with Crippen LogP contribution < -0.4 is 14.8 Å². The van der Waals surface area contributed by atoms with Crippen molar-refractivity contribution in [2.24, 2.45) is 11.3 Å². The van der Waals surface area contributed by atoms with Crippen LogP contribution in [-0.4, -0.2) is 26.3 Å². The molecule has 1 unspecified atom stereocenters. The Morgan fingerprint density at radius 1 is 1.24 bits per heavy atom. The van der Waals surface area contributed by atoms with Gasteiger partial charge in [0.05, 0.1) is 13.2 Å². The molecule has 0 bridgehead atoms. The average Bonchev–Trinajstić information content (AvgIpc) is 2.60. The molecule has 116 valence electrons. The molecule has 0 spiro atoms. The molecule has 0 amide bonds. The summed E-state index contributed by atoms with van der Waals surface area (Å²) in [5.74, 6) is 2.28. The van der Waals surface area contributed by atoms with E-state index < -0.39 is 0 Å². The second-order valence-corrected chi connectivity index (χ2v) is 7.46. The van der Waals surface area contributed by atoms with Crippen molar-refractivity contribution >= 4 is 11.6 Å². The van der Waals surface area contributed by atoms with E-state index in [1.54, 1.807) is 0 Å². The molecule has 1 fully saturated rings. The van der Waals surface area contributed by atoms with Gasteiger partial charge in [-0.15, -0.1) is 0 Å². The molecule has 0 aromatic heterocycles. The van der Waals surface area contributed by atoms with Gasteiger partial charge in [-0.3, -0.25) is 0 Å². The molecule has 1 aromatic rings. The number of hydrogen-bond donors (Lipinski definition) is 1. The lowest BCUT2D eigenvalue weighted by Gasteiger charge is -2.23. The number of halogens is 1. The third-order valence-electron chi connectivity index (χ3n) is 4.26. The summed E-state index contributed by atoms with van der Waals surface area (Å²) >= 11 is 6.45. The SMILES string of the molecule is CC1(C)COc2cc(Cl)c(CC3CCCNC3)cc2OC1. The maximum Gasteiger partial charge on any atom is 0.162 e. The van der Waals surface area contributed by atoms with E-state index in [0.717, 1.165) is 36.0 Å². The smallest absolute Gasteiger partial charge is 0.162 e. The van der Waals surface area contributed by atoms with Crippen LogP contribution in [0.25, 0.3) is 0 Å². The highest BCUT2D eigenvalue weighted by Gasteiger charge is 2.26. The van der Waals surface area contributed by atoms with Crippen molar-refractivity contribution in [3.63, 3.8) is 0 Å². The fourth-order valence-electron chi connectivity index (χ4n) is 2.96. The highest BCUT2D eigenvalue weighted by atomic mass is 35.5. The first-order chi connectivity index (χ1) is 10.0. The largest absolute Gasteiger partial charge is 0.489 e. The molecule has 1 aromatic carbocycles. The van der Waals surface area contributed by atoms with E-state index >= 15 is 0 Å². The van der Waals surface area contributed by atoms with Crippen LogP contribution in [0.2, 0.25) is 5.02 Å². The van der Waals surface area contributed by atoms with Gasteiger partial charge in [0.25, 0.3) is 0 Å². The Morgan fingerprint density at radius 2 is 1.95 bits per heavy atom. The van der Waals surface area contributed by atoms with Gasteiger partial charge in [0.2, 0.25) is 0 Å². The van der Waals surface area contributed by atoms with Crippen LogP contribution in [0.15, 0.2) is 12.1 Å². The van der Waals surface area contributed by atoms with Gasteiger partial charge in [0.15, 0.2) is 11.5 Å². The minimum absolute atomic E-state index is 0.0267. The van der Waals surface area contributed by atoms with E-state index in [9.17, 15) is 0 Å². The quantitative estimate of drug-likeness (QED) is 0.904. The summed E-state index contributed by atoms with van der Waals surface area (Å²) < 4.78 is 11.8. The fraction of sp³-hybridized carbons (Fsp3) is 0.647. The molecule has 21 heavy (non-hydrogen) atoms. The zero-order valence-electron chi connectivity index (χ0n) is 12.9. The van der Waals surface area contributed by atoms with Crippen LogP contribution in [0.1, 0.15) is 32.3 Å². The van der Waals surface area contributed by atoms with Crippen molar-refractivity contribution in [1.29, 1.82) is 0 Å². The third-order valence-corrected chi connectivity index (χ3v) is 4.61. The lowest BCUT2D eigenvalue weighted by Crippen LogP contribution is -2.30. The number of piperidine rings is 1. The van der Waals surface area contributed by atoms with E-state index in [2.05, 4.69) is 25.2 Å². The van der Waals surface area contributed by atoms with Gasteiger partial charge in [-0.25, -0.2) is 0 Å². The number of ether oxygens (including phenoxy) is 2. The maximum atomic E-state index is 6.45. The Kier molecular flexibility index (Phi) is 4.32. The van der Waals surface area contributed by atoms with E-state index in [-0.39, 0.29) is 5.41 Å². The molecule has 0 saturated carbocycles. The molecule has 1 saturated heterocycles. The number of hydrogen-bond acceptors (Lipinski definition) is 3. The molecule has 0 radical (unpaired) electrons. The zero-order chi connectivity index (χ0) is 14.9. The van der Waals surface area contributed by atoms with Crippen molar-refractivity contribution in [2.45, 2.75) is 33.1 Å². The predicted molar refractivity (Wildman–Crippen MR) is 85.5 cm³/mol. The molecule has 4 heteroatoms. The van der Waals surface area contributed by atoms with Crippen molar-refractivity contribution in [3.05, 3.63) is 22.7 Å². The number of rotatable bonds is 2.